The molecule has 0 atom stereocenters. The molecule has 106 valence electrons. The molecule has 0 aromatic heterocycles. The topological polar surface area (TPSA) is 21.3 Å². The first-order valence-corrected chi connectivity index (χ1v) is 8.59. The average molecular weight is 279 g/mol. The minimum absolute atomic E-state index is 0.754. The zero-order chi connectivity index (χ0) is 13.3. The molecule has 1 fully saturated rings. The van der Waals surface area contributed by atoms with Crippen LogP contribution in [0.5, 0.6) is 5.75 Å². The van der Waals surface area contributed by atoms with Crippen LogP contribution in [0.15, 0.2) is 29.2 Å². The van der Waals surface area contributed by atoms with Crippen molar-refractivity contribution in [3.8, 4) is 5.75 Å². The molecule has 0 amide bonds. The summed E-state index contributed by atoms with van der Waals surface area (Å²) in [5, 5.41) is 3.53. The number of hydrogen-bond donors (Lipinski definition) is 1. The van der Waals surface area contributed by atoms with E-state index in [1.807, 2.05) is 12.1 Å². The summed E-state index contributed by atoms with van der Waals surface area (Å²) >= 11 is 1.74. The van der Waals surface area contributed by atoms with Crippen molar-refractivity contribution < 1.29 is 4.74 Å². The third-order valence-electron chi connectivity index (χ3n) is 3.76. The summed E-state index contributed by atoms with van der Waals surface area (Å²) in [5.74, 6) is 1.90. The second kappa shape index (κ2) is 8.49. The van der Waals surface area contributed by atoms with Gasteiger partial charge in [0.1, 0.15) is 12.4 Å². The Morgan fingerprint density at radius 1 is 1.21 bits per heavy atom. The summed E-state index contributed by atoms with van der Waals surface area (Å²) in [6, 6.07) is 8.24. The Morgan fingerprint density at radius 2 is 2.00 bits per heavy atom. The second-order valence-corrected chi connectivity index (χ2v) is 6.06. The fourth-order valence-electron chi connectivity index (χ4n) is 2.67. The van der Waals surface area contributed by atoms with Crippen molar-refractivity contribution in [3.05, 3.63) is 24.3 Å². The lowest BCUT2D eigenvalue weighted by molar-refractivity contribution is 0.290. The molecule has 0 bridgehead atoms. The first kappa shape index (κ1) is 14.7. The van der Waals surface area contributed by atoms with E-state index in [9.17, 15) is 0 Å². The number of para-hydroxylation sites is 1. The van der Waals surface area contributed by atoms with E-state index < -0.39 is 0 Å². The molecule has 0 radical (unpaired) electrons. The fraction of sp³-hybridized carbons (Fsp3) is 0.625. The van der Waals surface area contributed by atoms with Gasteiger partial charge in [-0.1, -0.05) is 31.4 Å². The normalized spacial score (nSPS) is 16.5. The SMILES string of the molecule is CSc1ccccc1OCCNCC1CCCCC1. The van der Waals surface area contributed by atoms with E-state index in [1.165, 1.54) is 37.0 Å². The highest BCUT2D eigenvalue weighted by Crippen LogP contribution is 2.26. The number of benzene rings is 1. The molecule has 2 rings (SSSR count). The minimum atomic E-state index is 0.754. The lowest BCUT2D eigenvalue weighted by atomic mass is 9.89. The molecule has 0 spiro atoms. The molecule has 1 aliphatic rings. The van der Waals surface area contributed by atoms with Crippen LogP contribution in [0.1, 0.15) is 32.1 Å². The molecule has 0 aliphatic heterocycles. The van der Waals surface area contributed by atoms with Gasteiger partial charge in [-0.3, -0.25) is 0 Å². The molecule has 1 N–H and O–H groups in total. The highest BCUT2D eigenvalue weighted by atomic mass is 32.2. The van der Waals surface area contributed by atoms with E-state index >= 15 is 0 Å². The Morgan fingerprint density at radius 3 is 2.79 bits per heavy atom. The molecule has 1 aromatic carbocycles. The largest absolute Gasteiger partial charge is 0.491 e. The lowest BCUT2D eigenvalue weighted by Crippen LogP contribution is -2.28. The van der Waals surface area contributed by atoms with Crippen molar-refractivity contribution in [2.24, 2.45) is 5.92 Å². The maximum absolute atomic E-state index is 5.83. The van der Waals surface area contributed by atoms with Gasteiger partial charge in [-0.2, -0.15) is 0 Å². The van der Waals surface area contributed by atoms with Crippen LogP contribution in [0, 0.1) is 5.92 Å². The van der Waals surface area contributed by atoms with Crippen LogP contribution in [-0.4, -0.2) is 26.0 Å². The molecule has 1 saturated carbocycles. The second-order valence-electron chi connectivity index (χ2n) is 5.21. The Balaban J connectivity index is 1.61. The highest BCUT2D eigenvalue weighted by Gasteiger charge is 2.12. The first-order chi connectivity index (χ1) is 9.40. The quantitative estimate of drug-likeness (QED) is 0.603. The Labute approximate surface area is 121 Å². The predicted molar refractivity (Wildman–Crippen MR) is 83.2 cm³/mol. The number of thioether (sulfide) groups is 1. The molecule has 2 nitrogen and oxygen atoms in total. The van der Waals surface area contributed by atoms with Gasteiger partial charge in [0.2, 0.25) is 0 Å². The lowest BCUT2D eigenvalue weighted by Gasteiger charge is -2.21. The first-order valence-electron chi connectivity index (χ1n) is 7.36. The van der Waals surface area contributed by atoms with Gasteiger partial charge in [0.15, 0.2) is 0 Å². The molecular weight excluding hydrogens is 254 g/mol. The van der Waals surface area contributed by atoms with Crippen molar-refractivity contribution in [1.82, 2.24) is 5.32 Å². The molecular formula is C16H25NOS. The van der Waals surface area contributed by atoms with Crippen LogP contribution in [0.25, 0.3) is 0 Å². The monoisotopic (exact) mass is 279 g/mol. The van der Waals surface area contributed by atoms with Crippen LogP contribution >= 0.6 is 11.8 Å². The molecule has 19 heavy (non-hydrogen) atoms. The van der Waals surface area contributed by atoms with Crippen LogP contribution in [0.2, 0.25) is 0 Å². The molecule has 3 heteroatoms. The maximum Gasteiger partial charge on any atom is 0.132 e. The van der Waals surface area contributed by atoms with Gasteiger partial charge in [0, 0.05) is 11.4 Å². The van der Waals surface area contributed by atoms with Crippen molar-refractivity contribution in [2.45, 2.75) is 37.0 Å². The van der Waals surface area contributed by atoms with Crippen LogP contribution < -0.4 is 10.1 Å². The van der Waals surface area contributed by atoms with E-state index in [-0.39, 0.29) is 0 Å². The van der Waals surface area contributed by atoms with Gasteiger partial charge in [-0.05, 0) is 43.7 Å². The van der Waals surface area contributed by atoms with Crippen LogP contribution in [0.4, 0.5) is 0 Å². The van der Waals surface area contributed by atoms with Gasteiger partial charge in [-0.25, -0.2) is 0 Å². The summed E-state index contributed by atoms with van der Waals surface area (Å²) in [5.41, 5.74) is 0. The van der Waals surface area contributed by atoms with Crippen molar-refractivity contribution in [1.29, 1.82) is 0 Å². The van der Waals surface area contributed by atoms with Crippen molar-refractivity contribution in [2.75, 3.05) is 26.0 Å². The summed E-state index contributed by atoms with van der Waals surface area (Å²) < 4.78 is 5.83. The summed E-state index contributed by atoms with van der Waals surface area (Å²) in [6.07, 6.45) is 9.18. The number of rotatable bonds is 7. The number of hydrogen-bond acceptors (Lipinski definition) is 3. The smallest absolute Gasteiger partial charge is 0.132 e. The summed E-state index contributed by atoms with van der Waals surface area (Å²) in [4.78, 5) is 1.22. The molecule has 0 unspecified atom stereocenters. The van der Waals surface area contributed by atoms with Gasteiger partial charge in [0.05, 0.1) is 0 Å². The third kappa shape index (κ3) is 5.07. The number of ether oxygens (including phenoxy) is 1. The van der Waals surface area contributed by atoms with Gasteiger partial charge >= 0.3 is 0 Å². The van der Waals surface area contributed by atoms with Crippen LogP contribution in [-0.2, 0) is 0 Å². The zero-order valence-electron chi connectivity index (χ0n) is 11.9. The van der Waals surface area contributed by atoms with Gasteiger partial charge in [0.25, 0.3) is 0 Å². The van der Waals surface area contributed by atoms with E-state index in [2.05, 4.69) is 23.7 Å². The Bertz CT molecular complexity index is 364. The fourth-order valence-corrected chi connectivity index (χ4v) is 3.21. The predicted octanol–water partition coefficient (Wildman–Crippen LogP) is 3.96. The zero-order valence-corrected chi connectivity index (χ0v) is 12.7. The minimum Gasteiger partial charge on any atom is -0.491 e. The Hall–Kier alpha value is -0.670. The third-order valence-corrected chi connectivity index (χ3v) is 4.54. The maximum atomic E-state index is 5.83. The highest BCUT2D eigenvalue weighted by molar-refractivity contribution is 7.98. The van der Waals surface area contributed by atoms with E-state index in [0.717, 1.165) is 31.4 Å². The van der Waals surface area contributed by atoms with E-state index in [0.29, 0.717) is 0 Å². The standard InChI is InChI=1S/C16H25NOS/c1-19-16-10-6-5-9-15(16)18-12-11-17-13-14-7-3-2-4-8-14/h5-6,9-10,14,17H,2-4,7-8,11-13H2,1H3. The molecule has 1 aromatic rings. The molecule has 0 heterocycles. The molecule has 1 aliphatic carbocycles. The van der Waals surface area contributed by atoms with Gasteiger partial charge < -0.3 is 10.1 Å². The van der Waals surface area contributed by atoms with Crippen LogP contribution in [0.3, 0.4) is 0 Å². The summed E-state index contributed by atoms with van der Waals surface area (Å²) in [7, 11) is 0. The number of nitrogens with one attached hydrogen (secondary N) is 1. The van der Waals surface area contributed by atoms with E-state index in [4.69, 9.17) is 4.74 Å². The van der Waals surface area contributed by atoms with Crippen molar-refractivity contribution >= 4 is 11.8 Å². The van der Waals surface area contributed by atoms with Crippen molar-refractivity contribution in [3.63, 3.8) is 0 Å². The molecule has 0 saturated heterocycles. The van der Waals surface area contributed by atoms with E-state index in [1.54, 1.807) is 11.8 Å². The average Bonchev–Trinajstić information content (AvgIpc) is 2.48. The summed E-state index contributed by atoms with van der Waals surface area (Å²) in [6.45, 7) is 2.86. The Kier molecular flexibility index (Phi) is 6.58. The van der Waals surface area contributed by atoms with Gasteiger partial charge in [-0.15, -0.1) is 11.8 Å².